The number of hydrogen-bond donors (Lipinski definition) is 1. The van der Waals surface area contributed by atoms with E-state index >= 15 is 0 Å². The molecule has 6 heteroatoms. The van der Waals surface area contributed by atoms with Crippen LogP contribution >= 0.6 is 0 Å². The lowest BCUT2D eigenvalue weighted by molar-refractivity contribution is 0.600. The first-order valence-electron chi connectivity index (χ1n) is 4.22. The summed E-state index contributed by atoms with van der Waals surface area (Å²) in [7, 11) is -3.04. The van der Waals surface area contributed by atoms with Gasteiger partial charge in [-0.15, -0.1) is 0 Å². The minimum absolute atomic E-state index is 0.0190. The Morgan fingerprint density at radius 2 is 2.13 bits per heavy atom. The highest BCUT2D eigenvalue weighted by molar-refractivity contribution is 7.90. The molecule has 1 aromatic rings. The van der Waals surface area contributed by atoms with E-state index in [0.717, 1.165) is 6.26 Å². The number of nitrogens with one attached hydrogen (secondary N) is 1. The SMILES string of the molecule is CS(=O)(=O)CCc1ccc(C#N)c(=O)[nH]1. The molecule has 0 aliphatic carbocycles. The fourth-order valence-corrected chi connectivity index (χ4v) is 1.63. The predicted octanol–water partition coefficient (Wildman–Crippen LogP) is -0.166. The van der Waals surface area contributed by atoms with E-state index in [-0.39, 0.29) is 17.7 Å². The molecule has 80 valence electrons. The number of aromatic amines is 1. The maximum atomic E-state index is 11.2. The maximum Gasteiger partial charge on any atom is 0.266 e. The number of rotatable bonds is 3. The quantitative estimate of drug-likeness (QED) is 0.774. The number of nitriles is 1. The summed E-state index contributed by atoms with van der Waals surface area (Å²) in [6.45, 7) is 0. The lowest BCUT2D eigenvalue weighted by Crippen LogP contribution is -2.14. The second kappa shape index (κ2) is 4.28. The third-order valence-corrected chi connectivity index (χ3v) is 2.78. The molecule has 0 aromatic carbocycles. The van der Waals surface area contributed by atoms with Crippen LogP contribution in [0.3, 0.4) is 0 Å². The molecule has 0 amide bonds. The summed E-state index contributed by atoms with van der Waals surface area (Å²) in [6.07, 6.45) is 1.38. The van der Waals surface area contributed by atoms with Crippen LogP contribution in [-0.2, 0) is 16.3 Å². The van der Waals surface area contributed by atoms with Crippen LogP contribution in [0.5, 0.6) is 0 Å². The van der Waals surface area contributed by atoms with Crippen LogP contribution in [0.15, 0.2) is 16.9 Å². The fraction of sp³-hybridized carbons (Fsp3) is 0.333. The van der Waals surface area contributed by atoms with Gasteiger partial charge in [0.2, 0.25) is 0 Å². The minimum Gasteiger partial charge on any atom is -0.325 e. The molecule has 1 N–H and O–H groups in total. The van der Waals surface area contributed by atoms with Gasteiger partial charge >= 0.3 is 0 Å². The van der Waals surface area contributed by atoms with Crippen LogP contribution < -0.4 is 5.56 Å². The molecular formula is C9H10N2O3S. The molecule has 1 rings (SSSR count). The predicted molar refractivity (Wildman–Crippen MR) is 55.2 cm³/mol. The van der Waals surface area contributed by atoms with Gasteiger partial charge < -0.3 is 4.98 Å². The number of sulfone groups is 1. The standard InChI is InChI=1S/C9H10N2O3S/c1-15(13,14)5-4-8-3-2-7(6-10)9(12)11-8/h2-3H,4-5H2,1H3,(H,11,12). The first-order chi connectivity index (χ1) is 6.92. The van der Waals surface area contributed by atoms with Gasteiger partial charge in [0.15, 0.2) is 0 Å². The van der Waals surface area contributed by atoms with Gasteiger partial charge in [0.25, 0.3) is 5.56 Å². The van der Waals surface area contributed by atoms with Crippen LogP contribution in [0.25, 0.3) is 0 Å². The van der Waals surface area contributed by atoms with E-state index in [1.54, 1.807) is 12.1 Å². The monoisotopic (exact) mass is 226 g/mol. The molecule has 0 bridgehead atoms. The van der Waals surface area contributed by atoms with E-state index < -0.39 is 15.4 Å². The fourth-order valence-electron chi connectivity index (χ4n) is 1.04. The van der Waals surface area contributed by atoms with Crippen LogP contribution in [-0.4, -0.2) is 25.4 Å². The highest BCUT2D eigenvalue weighted by Gasteiger charge is 2.04. The van der Waals surface area contributed by atoms with Crippen molar-refractivity contribution >= 4 is 9.84 Å². The summed E-state index contributed by atoms with van der Waals surface area (Å²) in [5, 5.41) is 8.50. The topological polar surface area (TPSA) is 90.8 Å². The zero-order valence-corrected chi connectivity index (χ0v) is 8.97. The van der Waals surface area contributed by atoms with Crippen LogP contribution in [0.4, 0.5) is 0 Å². The number of H-pyrrole nitrogens is 1. The number of aryl methyl sites for hydroxylation is 1. The molecule has 0 aliphatic heterocycles. The Kier molecular flexibility index (Phi) is 3.27. The molecule has 0 atom stereocenters. The van der Waals surface area contributed by atoms with E-state index in [0.29, 0.717) is 5.69 Å². The van der Waals surface area contributed by atoms with Gasteiger partial charge in [0.05, 0.1) is 5.75 Å². The second-order valence-corrected chi connectivity index (χ2v) is 5.48. The van der Waals surface area contributed by atoms with Gasteiger partial charge in [0.1, 0.15) is 21.5 Å². The largest absolute Gasteiger partial charge is 0.325 e. The number of aromatic nitrogens is 1. The van der Waals surface area contributed by atoms with Gasteiger partial charge in [-0.3, -0.25) is 4.79 Å². The minimum atomic E-state index is -3.04. The Morgan fingerprint density at radius 3 is 2.60 bits per heavy atom. The van der Waals surface area contributed by atoms with Crippen molar-refractivity contribution in [2.75, 3.05) is 12.0 Å². The van der Waals surface area contributed by atoms with Gasteiger partial charge in [-0.1, -0.05) is 0 Å². The summed E-state index contributed by atoms with van der Waals surface area (Å²) >= 11 is 0. The number of pyridine rings is 1. The van der Waals surface area contributed by atoms with Crippen LogP contribution in [0, 0.1) is 11.3 Å². The van der Waals surface area contributed by atoms with Crippen LogP contribution in [0.1, 0.15) is 11.3 Å². The highest BCUT2D eigenvalue weighted by Crippen LogP contribution is 1.97. The molecule has 0 unspecified atom stereocenters. The van der Waals surface area contributed by atoms with E-state index in [2.05, 4.69) is 4.98 Å². The van der Waals surface area contributed by atoms with E-state index in [9.17, 15) is 13.2 Å². The van der Waals surface area contributed by atoms with Gasteiger partial charge in [-0.25, -0.2) is 8.42 Å². The van der Waals surface area contributed by atoms with Gasteiger partial charge in [-0.2, -0.15) is 5.26 Å². The van der Waals surface area contributed by atoms with E-state index in [4.69, 9.17) is 5.26 Å². The Hall–Kier alpha value is -1.61. The average Bonchev–Trinajstić information content (AvgIpc) is 2.14. The molecule has 0 saturated carbocycles. The maximum absolute atomic E-state index is 11.2. The molecular weight excluding hydrogens is 216 g/mol. The first kappa shape index (κ1) is 11.5. The molecule has 0 fully saturated rings. The molecule has 1 heterocycles. The smallest absolute Gasteiger partial charge is 0.266 e. The van der Waals surface area contributed by atoms with Crippen molar-refractivity contribution in [1.29, 1.82) is 5.26 Å². The molecule has 15 heavy (non-hydrogen) atoms. The molecule has 0 spiro atoms. The number of nitrogens with zero attached hydrogens (tertiary/aromatic N) is 1. The summed E-state index contributed by atoms with van der Waals surface area (Å²) < 4.78 is 21.7. The van der Waals surface area contributed by atoms with Crippen molar-refractivity contribution in [1.82, 2.24) is 4.98 Å². The Labute approximate surface area is 87.3 Å². The zero-order chi connectivity index (χ0) is 11.5. The van der Waals surface area contributed by atoms with Gasteiger partial charge in [-0.05, 0) is 12.1 Å². The summed E-state index contributed by atoms with van der Waals surface area (Å²) in [5.74, 6) is -0.0190. The Bertz CT molecular complexity index is 551. The van der Waals surface area contributed by atoms with Crippen molar-refractivity contribution in [3.8, 4) is 6.07 Å². The second-order valence-electron chi connectivity index (χ2n) is 3.22. The lowest BCUT2D eigenvalue weighted by Gasteiger charge is -1.99. The van der Waals surface area contributed by atoms with Crippen molar-refractivity contribution in [3.63, 3.8) is 0 Å². The Balaban J connectivity index is 2.87. The summed E-state index contributed by atoms with van der Waals surface area (Å²) in [4.78, 5) is 13.6. The van der Waals surface area contributed by atoms with Crippen molar-refractivity contribution < 1.29 is 8.42 Å². The van der Waals surface area contributed by atoms with Crippen molar-refractivity contribution in [2.24, 2.45) is 0 Å². The third-order valence-electron chi connectivity index (χ3n) is 1.83. The molecule has 1 aromatic heterocycles. The average molecular weight is 226 g/mol. The van der Waals surface area contributed by atoms with Gasteiger partial charge in [0, 0.05) is 18.4 Å². The first-order valence-corrected chi connectivity index (χ1v) is 6.28. The normalized spacial score (nSPS) is 10.9. The molecule has 5 nitrogen and oxygen atoms in total. The van der Waals surface area contributed by atoms with Crippen molar-refractivity contribution in [2.45, 2.75) is 6.42 Å². The summed E-state index contributed by atoms with van der Waals surface area (Å²) in [6, 6.07) is 4.66. The Morgan fingerprint density at radius 1 is 1.47 bits per heavy atom. The summed E-state index contributed by atoms with van der Waals surface area (Å²) in [5.41, 5.74) is 0.0611. The molecule has 0 aliphatic rings. The third kappa shape index (κ3) is 3.56. The molecule has 0 radical (unpaired) electrons. The lowest BCUT2D eigenvalue weighted by atomic mass is 10.2. The number of hydrogen-bond acceptors (Lipinski definition) is 4. The van der Waals surface area contributed by atoms with E-state index in [1.807, 2.05) is 0 Å². The highest BCUT2D eigenvalue weighted by atomic mass is 32.2. The van der Waals surface area contributed by atoms with Crippen molar-refractivity contribution in [3.05, 3.63) is 33.7 Å². The zero-order valence-electron chi connectivity index (χ0n) is 8.15. The van der Waals surface area contributed by atoms with Crippen LogP contribution in [0.2, 0.25) is 0 Å². The van der Waals surface area contributed by atoms with E-state index in [1.165, 1.54) is 6.07 Å². The molecule has 0 saturated heterocycles.